The molecule has 0 aliphatic carbocycles. The van der Waals surface area contributed by atoms with E-state index in [0.717, 1.165) is 47.3 Å². The lowest BCUT2D eigenvalue weighted by atomic mass is 10.1. The van der Waals surface area contributed by atoms with Crippen molar-refractivity contribution in [3.05, 3.63) is 47.0 Å². The van der Waals surface area contributed by atoms with E-state index in [4.69, 9.17) is 21.1 Å². The normalized spacial score (nSPS) is 18.1. The van der Waals surface area contributed by atoms with Crippen LogP contribution >= 0.6 is 11.6 Å². The Morgan fingerprint density at radius 3 is 2.89 bits per heavy atom. The van der Waals surface area contributed by atoms with Crippen LogP contribution in [0.4, 0.5) is 0 Å². The number of fused-ring (bicyclic) bond motifs is 3. The highest BCUT2D eigenvalue weighted by Crippen LogP contribution is 2.33. The van der Waals surface area contributed by atoms with E-state index < -0.39 is 0 Å². The van der Waals surface area contributed by atoms with Gasteiger partial charge in [-0.3, -0.25) is 4.98 Å². The average Bonchev–Trinajstić information content (AvgIpc) is 3.33. The summed E-state index contributed by atoms with van der Waals surface area (Å²) in [5.41, 5.74) is 2.87. The SMILES string of the molecule is Cc1nc(Cc2nc3cnc4ccc(Cl)cc4c3n2[C@@H]2CCN(C)C2)no1. The number of halogens is 1. The van der Waals surface area contributed by atoms with Gasteiger partial charge in [0.05, 0.1) is 23.7 Å². The molecule has 3 aromatic heterocycles. The summed E-state index contributed by atoms with van der Waals surface area (Å²) in [7, 11) is 2.15. The Labute approximate surface area is 161 Å². The van der Waals surface area contributed by atoms with Crippen LogP contribution in [0.15, 0.2) is 28.9 Å². The van der Waals surface area contributed by atoms with Crippen LogP contribution in [-0.4, -0.2) is 49.7 Å². The number of aryl methyl sites for hydroxylation is 1. The van der Waals surface area contributed by atoms with Gasteiger partial charge in [-0.15, -0.1) is 0 Å². The van der Waals surface area contributed by atoms with Crippen LogP contribution < -0.4 is 0 Å². The smallest absolute Gasteiger partial charge is 0.223 e. The third kappa shape index (κ3) is 2.87. The molecule has 0 saturated carbocycles. The van der Waals surface area contributed by atoms with E-state index in [0.29, 0.717) is 29.2 Å². The summed E-state index contributed by atoms with van der Waals surface area (Å²) in [6, 6.07) is 6.14. The lowest BCUT2D eigenvalue weighted by molar-refractivity contribution is 0.385. The molecule has 1 saturated heterocycles. The molecule has 0 unspecified atom stereocenters. The summed E-state index contributed by atoms with van der Waals surface area (Å²) >= 11 is 6.30. The predicted molar refractivity (Wildman–Crippen MR) is 103 cm³/mol. The lowest BCUT2D eigenvalue weighted by Gasteiger charge is -2.17. The Hall–Kier alpha value is -2.51. The van der Waals surface area contributed by atoms with E-state index in [-0.39, 0.29) is 0 Å². The highest BCUT2D eigenvalue weighted by atomic mass is 35.5. The first kappa shape index (κ1) is 16.6. The Balaban J connectivity index is 1.75. The summed E-state index contributed by atoms with van der Waals surface area (Å²) in [5, 5.41) is 5.78. The zero-order valence-electron chi connectivity index (χ0n) is 15.2. The van der Waals surface area contributed by atoms with Crippen molar-refractivity contribution in [2.75, 3.05) is 20.1 Å². The highest BCUT2D eigenvalue weighted by molar-refractivity contribution is 6.31. The molecule has 0 radical (unpaired) electrons. The van der Waals surface area contributed by atoms with Gasteiger partial charge in [-0.25, -0.2) is 4.98 Å². The molecule has 4 aromatic rings. The number of imidazole rings is 1. The number of aromatic nitrogens is 5. The van der Waals surface area contributed by atoms with Gasteiger partial charge in [-0.2, -0.15) is 4.98 Å². The molecule has 8 heteroatoms. The summed E-state index contributed by atoms with van der Waals surface area (Å²) in [6.45, 7) is 3.84. The van der Waals surface area contributed by atoms with Crippen LogP contribution in [0.5, 0.6) is 0 Å². The number of likely N-dealkylation sites (N-methyl/N-ethyl adjacent to an activating group) is 1. The minimum Gasteiger partial charge on any atom is -0.340 e. The van der Waals surface area contributed by atoms with Crippen LogP contribution in [0, 0.1) is 6.92 Å². The van der Waals surface area contributed by atoms with E-state index in [1.54, 1.807) is 6.92 Å². The van der Waals surface area contributed by atoms with Crippen molar-refractivity contribution < 1.29 is 4.52 Å². The first-order valence-corrected chi connectivity index (χ1v) is 9.39. The average molecular weight is 383 g/mol. The summed E-state index contributed by atoms with van der Waals surface area (Å²) < 4.78 is 7.48. The molecule has 138 valence electrons. The van der Waals surface area contributed by atoms with E-state index in [1.807, 2.05) is 24.4 Å². The van der Waals surface area contributed by atoms with Crippen molar-refractivity contribution in [2.45, 2.75) is 25.8 Å². The van der Waals surface area contributed by atoms with Crippen LogP contribution in [0.25, 0.3) is 21.9 Å². The van der Waals surface area contributed by atoms with E-state index in [9.17, 15) is 0 Å². The van der Waals surface area contributed by atoms with Crippen molar-refractivity contribution in [3.8, 4) is 0 Å². The molecule has 27 heavy (non-hydrogen) atoms. The number of benzene rings is 1. The molecular formula is C19H19ClN6O. The maximum Gasteiger partial charge on any atom is 0.223 e. The lowest BCUT2D eigenvalue weighted by Crippen LogP contribution is -2.18. The second kappa shape index (κ2) is 6.28. The zero-order valence-corrected chi connectivity index (χ0v) is 15.9. The number of likely N-dealkylation sites (tertiary alicyclic amines) is 1. The molecule has 1 aromatic carbocycles. The van der Waals surface area contributed by atoms with Crippen molar-refractivity contribution in [3.63, 3.8) is 0 Å². The van der Waals surface area contributed by atoms with Gasteiger partial charge in [0.15, 0.2) is 5.82 Å². The van der Waals surface area contributed by atoms with Crippen molar-refractivity contribution in [2.24, 2.45) is 0 Å². The van der Waals surface area contributed by atoms with Crippen LogP contribution in [0.1, 0.15) is 30.0 Å². The van der Waals surface area contributed by atoms with Crippen LogP contribution in [0.2, 0.25) is 5.02 Å². The minimum absolute atomic E-state index is 0.340. The molecule has 0 N–H and O–H groups in total. The third-order valence-corrected chi connectivity index (χ3v) is 5.40. The highest BCUT2D eigenvalue weighted by Gasteiger charge is 2.27. The molecular weight excluding hydrogens is 364 g/mol. The molecule has 5 rings (SSSR count). The molecule has 0 bridgehead atoms. The second-order valence-corrected chi connectivity index (χ2v) is 7.60. The molecule has 4 heterocycles. The largest absolute Gasteiger partial charge is 0.340 e. The van der Waals surface area contributed by atoms with Gasteiger partial charge in [0.1, 0.15) is 11.3 Å². The third-order valence-electron chi connectivity index (χ3n) is 5.17. The number of nitrogens with zero attached hydrogens (tertiary/aromatic N) is 6. The summed E-state index contributed by atoms with van der Waals surface area (Å²) in [6.07, 6.45) is 3.44. The Kier molecular flexibility index (Phi) is 3.87. The Morgan fingerprint density at radius 1 is 1.26 bits per heavy atom. The van der Waals surface area contributed by atoms with E-state index in [1.165, 1.54) is 0 Å². The van der Waals surface area contributed by atoms with Crippen LogP contribution in [0.3, 0.4) is 0 Å². The Morgan fingerprint density at radius 2 is 2.15 bits per heavy atom. The number of hydrogen-bond donors (Lipinski definition) is 0. The molecule has 1 fully saturated rings. The summed E-state index contributed by atoms with van der Waals surface area (Å²) in [4.78, 5) is 16.1. The quantitative estimate of drug-likeness (QED) is 0.540. The molecule has 7 nitrogen and oxygen atoms in total. The molecule has 1 atom stereocenters. The van der Waals surface area contributed by atoms with Gasteiger partial charge >= 0.3 is 0 Å². The number of hydrogen-bond acceptors (Lipinski definition) is 6. The summed E-state index contributed by atoms with van der Waals surface area (Å²) in [5.74, 6) is 2.14. The van der Waals surface area contributed by atoms with Crippen molar-refractivity contribution in [1.29, 1.82) is 0 Å². The van der Waals surface area contributed by atoms with Crippen molar-refractivity contribution in [1.82, 2.24) is 29.6 Å². The first-order valence-electron chi connectivity index (χ1n) is 9.01. The fourth-order valence-electron chi connectivity index (χ4n) is 3.99. The van der Waals surface area contributed by atoms with Crippen LogP contribution in [-0.2, 0) is 6.42 Å². The monoisotopic (exact) mass is 382 g/mol. The predicted octanol–water partition coefficient (Wildman–Crippen LogP) is 3.40. The van der Waals surface area contributed by atoms with E-state index >= 15 is 0 Å². The molecule has 0 amide bonds. The molecule has 1 aliphatic heterocycles. The Bertz CT molecular complexity index is 1150. The van der Waals surface area contributed by atoms with E-state index in [2.05, 4.69) is 31.6 Å². The topological polar surface area (TPSA) is 72.9 Å². The van der Waals surface area contributed by atoms with Crippen molar-refractivity contribution >= 4 is 33.5 Å². The van der Waals surface area contributed by atoms with Gasteiger partial charge in [-0.05, 0) is 38.2 Å². The van der Waals surface area contributed by atoms with Gasteiger partial charge in [0.25, 0.3) is 0 Å². The first-order chi connectivity index (χ1) is 13.1. The molecule has 0 spiro atoms. The maximum absolute atomic E-state index is 6.30. The minimum atomic E-state index is 0.340. The maximum atomic E-state index is 6.30. The second-order valence-electron chi connectivity index (χ2n) is 7.16. The number of rotatable bonds is 3. The van der Waals surface area contributed by atoms with Gasteiger partial charge in [0.2, 0.25) is 5.89 Å². The van der Waals surface area contributed by atoms with Gasteiger partial charge in [0, 0.05) is 29.9 Å². The standard InChI is InChI=1S/C19H19ClN6O/c1-11-22-17(24-27-11)8-18-23-16-9-21-15-4-3-12(20)7-14(15)19(16)26(18)13-5-6-25(2)10-13/h3-4,7,9,13H,5-6,8,10H2,1-2H3/t13-/m1/s1. The number of pyridine rings is 1. The fraction of sp³-hybridized carbons (Fsp3) is 0.368. The molecule has 1 aliphatic rings. The van der Waals surface area contributed by atoms with Gasteiger partial charge in [-0.1, -0.05) is 16.8 Å². The van der Waals surface area contributed by atoms with Gasteiger partial charge < -0.3 is 14.0 Å². The fourth-order valence-corrected chi connectivity index (χ4v) is 4.16. The zero-order chi connectivity index (χ0) is 18.5.